The van der Waals surface area contributed by atoms with Gasteiger partial charge in [-0.15, -0.1) is 0 Å². The SMILES string of the molecule is O=C(NCc1ccc2oc(=O)[nH]c2c1)c1cc(C(=O)NCC23C=CC(CC2)CC3)n2ncc(F)c2n1. The van der Waals surface area contributed by atoms with E-state index in [1.807, 2.05) is 0 Å². The third kappa shape index (κ3) is 3.96. The van der Waals surface area contributed by atoms with Gasteiger partial charge < -0.3 is 15.1 Å². The van der Waals surface area contributed by atoms with Gasteiger partial charge in [0.15, 0.2) is 17.0 Å². The van der Waals surface area contributed by atoms with E-state index in [-0.39, 0.29) is 29.0 Å². The lowest BCUT2D eigenvalue weighted by Crippen LogP contribution is -2.41. The van der Waals surface area contributed by atoms with Gasteiger partial charge in [0.1, 0.15) is 11.4 Å². The predicted octanol–water partition coefficient (Wildman–Crippen LogP) is 2.71. The number of nitrogens with one attached hydrogen (secondary N) is 3. The molecule has 0 atom stereocenters. The fraction of sp³-hybridized carbons (Fsp3) is 0.320. The van der Waals surface area contributed by atoms with Crippen LogP contribution in [0.25, 0.3) is 16.7 Å². The second-order valence-electron chi connectivity index (χ2n) is 9.52. The molecule has 3 heterocycles. The van der Waals surface area contributed by atoms with Gasteiger partial charge in [0.05, 0.1) is 11.7 Å². The average Bonchev–Trinajstić information content (AvgIpc) is 3.47. The predicted molar refractivity (Wildman–Crippen MR) is 127 cm³/mol. The van der Waals surface area contributed by atoms with Crippen molar-refractivity contribution in [1.29, 1.82) is 0 Å². The van der Waals surface area contributed by atoms with Gasteiger partial charge in [0, 0.05) is 24.6 Å². The average molecular weight is 490 g/mol. The van der Waals surface area contributed by atoms with Gasteiger partial charge in [0.2, 0.25) is 0 Å². The highest BCUT2D eigenvalue weighted by Crippen LogP contribution is 2.45. The van der Waals surface area contributed by atoms with Gasteiger partial charge in [0.25, 0.3) is 11.8 Å². The maximum atomic E-state index is 14.4. The molecule has 0 spiro atoms. The van der Waals surface area contributed by atoms with E-state index in [9.17, 15) is 18.8 Å². The van der Waals surface area contributed by atoms with Crippen LogP contribution < -0.4 is 16.4 Å². The van der Waals surface area contributed by atoms with Gasteiger partial charge in [-0.1, -0.05) is 18.2 Å². The number of allylic oxidation sites excluding steroid dienone is 1. The Hall–Kier alpha value is -4.28. The number of hydrogen-bond acceptors (Lipinski definition) is 6. The van der Waals surface area contributed by atoms with Crippen molar-refractivity contribution in [2.75, 3.05) is 6.54 Å². The first kappa shape index (κ1) is 22.2. The van der Waals surface area contributed by atoms with E-state index in [4.69, 9.17) is 4.42 Å². The van der Waals surface area contributed by atoms with E-state index in [0.717, 1.165) is 36.4 Å². The summed E-state index contributed by atoms with van der Waals surface area (Å²) in [6.07, 6.45) is 9.67. The Morgan fingerprint density at radius 3 is 2.81 bits per heavy atom. The second kappa shape index (κ2) is 8.43. The molecule has 0 saturated heterocycles. The van der Waals surface area contributed by atoms with Crippen molar-refractivity contribution >= 4 is 28.6 Å². The molecule has 184 valence electrons. The van der Waals surface area contributed by atoms with Crippen LogP contribution in [0.1, 0.15) is 52.2 Å². The van der Waals surface area contributed by atoms with Crippen molar-refractivity contribution in [3.63, 3.8) is 0 Å². The van der Waals surface area contributed by atoms with Gasteiger partial charge >= 0.3 is 5.76 Å². The lowest BCUT2D eigenvalue weighted by atomic mass is 9.65. The summed E-state index contributed by atoms with van der Waals surface area (Å²) in [5.74, 6) is -1.70. The molecule has 10 nitrogen and oxygen atoms in total. The van der Waals surface area contributed by atoms with Crippen LogP contribution >= 0.6 is 0 Å². The lowest BCUT2D eigenvalue weighted by Gasteiger charge is -2.42. The summed E-state index contributed by atoms with van der Waals surface area (Å²) in [5.41, 5.74) is 1.26. The third-order valence-electron chi connectivity index (χ3n) is 7.18. The molecular weight excluding hydrogens is 467 g/mol. The number of carbonyl (C=O) groups excluding carboxylic acids is 2. The van der Waals surface area contributed by atoms with Crippen LogP contribution in [-0.2, 0) is 6.54 Å². The van der Waals surface area contributed by atoms with Crippen LogP contribution in [0.2, 0.25) is 0 Å². The number of hydrogen-bond donors (Lipinski definition) is 3. The summed E-state index contributed by atoms with van der Waals surface area (Å²) in [6.45, 7) is 0.580. The van der Waals surface area contributed by atoms with Crippen molar-refractivity contribution < 1.29 is 18.4 Å². The van der Waals surface area contributed by atoms with Crippen molar-refractivity contribution in [3.8, 4) is 0 Å². The number of halogens is 1. The molecule has 3 aliphatic carbocycles. The van der Waals surface area contributed by atoms with Crippen molar-refractivity contribution in [1.82, 2.24) is 30.2 Å². The number of benzene rings is 1. The van der Waals surface area contributed by atoms with Crippen molar-refractivity contribution in [2.24, 2.45) is 11.3 Å². The molecule has 2 bridgehead atoms. The van der Waals surface area contributed by atoms with Crippen LogP contribution in [0.4, 0.5) is 4.39 Å². The molecule has 36 heavy (non-hydrogen) atoms. The molecule has 0 aliphatic heterocycles. The first-order valence-corrected chi connectivity index (χ1v) is 11.8. The van der Waals surface area contributed by atoms with Crippen LogP contribution in [0.3, 0.4) is 0 Å². The van der Waals surface area contributed by atoms with E-state index < -0.39 is 23.4 Å². The quantitative estimate of drug-likeness (QED) is 0.356. The minimum absolute atomic E-state index is 0.0244. The third-order valence-corrected chi connectivity index (χ3v) is 7.18. The summed E-state index contributed by atoms with van der Waals surface area (Å²) >= 11 is 0. The standard InChI is InChI=1S/C25H23FN6O4/c26-16-12-29-32-19(23(34)28-13-25-6-3-14(4-7-25)5-8-25)10-18(30-21(16)32)22(33)27-11-15-1-2-20-17(9-15)31-24(35)36-20/h1-3,6,9-10,12,14H,4-5,7-8,11,13H2,(H,27,33)(H,28,34)(H,31,35). The highest BCUT2D eigenvalue weighted by molar-refractivity contribution is 5.98. The molecule has 1 fully saturated rings. The van der Waals surface area contributed by atoms with E-state index in [2.05, 4.69) is 37.9 Å². The Bertz CT molecular complexity index is 1590. The minimum atomic E-state index is -0.736. The zero-order chi connectivity index (χ0) is 24.9. The maximum Gasteiger partial charge on any atom is 0.417 e. The number of amides is 2. The summed E-state index contributed by atoms with van der Waals surface area (Å²) in [4.78, 5) is 44.0. The zero-order valence-corrected chi connectivity index (χ0v) is 19.2. The van der Waals surface area contributed by atoms with Gasteiger partial charge in [-0.05, 0) is 49.3 Å². The van der Waals surface area contributed by atoms with E-state index in [1.165, 1.54) is 6.07 Å². The maximum absolute atomic E-state index is 14.4. The lowest BCUT2D eigenvalue weighted by molar-refractivity contribution is 0.0913. The van der Waals surface area contributed by atoms with Gasteiger partial charge in [-0.25, -0.2) is 18.7 Å². The molecule has 0 radical (unpaired) electrons. The highest BCUT2D eigenvalue weighted by atomic mass is 19.1. The number of aromatic amines is 1. The van der Waals surface area contributed by atoms with Crippen LogP contribution in [0, 0.1) is 17.2 Å². The Morgan fingerprint density at radius 1 is 1.19 bits per heavy atom. The molecule has 4 aromatic rings. The van der Waals surface area contributed by atoms with Crippen LogP contribution in [-0.4, -0.2) is 37.9 Å². The highest BCUT2D eigenvalue weighted by Gasteiger charge is 2.36. The summed E-state index contributed by atoms with van der Waals surface area (Å²) in [6, 6.07) is 6.32. The molecular formula is C25H23FN6O4. The molecule has 11 heteroatoms. The molecule has 0 unspecified atom stereocenters. The van der Waals surface area contributed by atoms with Gasteiger partial charge in [-0.3, -0.25) is 14.6 Å². The number of fused-ring (bicyclic) bond motifs is 4. The normalized spacial score (nSPS) is 20.8. The van der Waals surface area contributed by atoms with Crippen molar-refractivity contribution in [3.05, 3.63) is 75.9 Å². The fourth-order valence-corrected chi connectivity index (χ4v) is 5.09. The first-order chi connectivity index (χ1) is 17.4. The second-order valence-corrected chi connectivity index (χ2v) is 9.52. The molecule has 1 aromatic carbocycles. The monoisotopic (exact) mass is 490 g/mol. The summed E-state index contributed by atoms with van der Waals surface area (Å²) < 4.78 is 20.5. The number of H-pyrrole nitrogens is 1. The number of oxazole rings is 1. The van der Waals surface area contributed by atoms with E-state index >= 15 is 0 Å². The first-order valence-electron chi connectivity index (χ1n) is 11.8. The van der Waals surface area contributed by atoms with Crippen molar-refractivity contribution in [2.45, 2.75) is 32.2 Å². The molecule has 3 aliphatic rings. The number of nitrogens with zero attached hydrogens (tertiary/aromatic N) is 3. The van der Waals surface area contributed by atoms with E-state index in [1.54, 1.807) is 18.2 Å². The number of carbonyl (C=O) groups is 2. The molecule has 3 N–H and O–H groups in total. The smallest absolute Gasteiger partial charge is 0.408 e. The van der Waals surface area contributed by atoms with Gasteiger partial charge in [-0.2, -0.15) is 5.10 Å². The molecule has 7 rings (SSSR count). The topological polar surface area (TPSA) is 134 Å². The fourth-order valence-electron chi connectivity index (χ4n) is 5.09. The molecule has 2 amide bonds. The molecule has 1 saturated carbocycles. The van der Waals surface area contributed by atoms with Crippen LogP contribution in [0.5, 0.6) is 0 Å². The number of rotatable bonds is 6. The van der Waals surface area contributed by atoms with Crippen LogP contribution in [0.15, 0.2) is 51.8 Å². The Morgan fingerprint density at radius 2 is 2.03 bits per heavy atom. The zero-order valence-electron chi connectivity index (χ0n) is 19.2. The molecule has 3 aromatic heterocycles. The Balaban J connectivity index is 1.22. The largest absolute Gasteiger partial charge is 0.417 e. The Kier molecular flexibility index (Phi) is 5.20. The number of aromatic nitrogens is 4. The summed E-state index contributed by atoms with van der Waals surface area (Å²) in [7, 11) is 0. The van der Waals surface area contributed by atoms with E-state index in [0.29, 0.717) is 29.1 Å². The summed E-state index contributed by atoms with van der Waals surface area (Å²) in [5, 5.41) is 9.61. The Labute approximate surface area is 203 Å². The minimum Gasteiger partial charge on any atom is -0.408 e.